The van der Waals surface area contributed by atoms with Crippen molar-refractivity contribution in [2.45, 2.75) is 31.5 Å². The number of methoxy groups -OCH3 is 1. The molecule has 0 aromatic carbocycles. The van der Waals surface area contributed by atoms with Crippen LogP contribution in [0.25, 0.3) is 5.65 Å². The van der Waals surface area contributed by atoms with Gasteiger partial charge in [-0.25, -0.2) is 9.97 Å². The molecule has 0 aliphatic heterocycles. The Kier molecular flexibility index (Phi) is 4.81. The summed E-state index contributed by atoms with van der Waals surface area (Å²) >= 11 is 3.51. The second kappa shape index (κ2) is 6.81. The molecule has 0 aliphatic carbocycles. The van der Waals surface area contributed by atoms with Gasteiger partial charge in [-0.05, 0) is 26.0 Å². The Labute approximate surface area is 138 Å². The van der Waals surface area contributed by atoms with Gasteiger partial charge in [0.15, 0.2) is 0 Å². The SMILES string of the molecule is COC(C)c1nc(CSCc2cn3c(C)cccc3n2)cs1. The van der Waals surface area contributed by atoms with E-state index >= 15 is 0 Å². The summed E-state index contributed by atoms with van der Waals surface area (Å²) in [6, 6.07) is 6.18. The van der Waals surface area contributed by atoms with Gasteiger partial charge in [0.25, 0.3) is 0 Å². The maximum Gasteiger partial charge on any atom is 0.137 e. The summed E-state index contributed by atoms with van der Waals surface area (Å²) in [6.45, 7) is 4.12. The highest BCUT2D eigenvalue weighted by atomic mass is 32.2. The van der Waals surface area contributed by atoms with Gasteiger partial charge in [0.05, 0.1) is 11.4 Å². The van der Waals surface area contributed by atoms with Gasteiger partial charge in [-0.1, -0.05) is 6.07 Å². The zero-order chi connectivity index (χ0) is 15.5. The minimum Gasteiger partial charge on any atom is -0.375 e. The molecule has 1 unspecified atom stereocenters. The quantitative estimate of drug-likeness (QED) is 0.676. The molecule has 0 radical (unpaired) electrons. The summed E-state index contributed by atoms with van der Waals surface area (Å²) in [5.41, 5.74) is 4.45. The molecule has 3 rings (SSSR count). The van der Waals surface area contributed by atoms with E-state index in [1.807, 2.05) is 30.8 Å². The van der Waals surface area contributed by atoms with Crippen LogP contribution >= 0.6 is 23.1 Å². The number of thiazole rings is 1. The minimum atomic E-state index is 0.0742. The van der Waals surface area contributed by atoms with Crippen molar-refractivity contribution in [2.24, 2.45) is 0 Å². The molecule has 3 aromatic rings. The fourth-order valence-corrected chi connectivity index (χ4v) is 3.97. The molecule has 4 nitrogen and oxygen atoms in total. The second-order valence-corrected chi connectivity index (χ2v) is 7.05. The fourth-order valence-electron chi connectivity index (χ4n) is 2.21. The second-order valence-electron chi connectivity index (χ2n) is 5.18. The highest BCUT2D eigenvalue weighted by Gasteiger charge is 2.10. The van der Waals surface area contributed by atoms with E-state index in [4.69, 9.17) is 4.74 Å². The number of fused-ring (bicyclic) bond motifs is 1. The van der Waals surface area contributed by atoms with Gasteiger partial charge in [-0.2, -0.15) is 0 Å². The molecule has 0 N–H and O–H groups in total. The van der Waals surface area contributed by atoms with Crippen molar-refractivity contribution in [1.29, 1.82) is 0 Å². The average Bonchev–Trinajstić information content (AvgIpc) is 3.14. The monoisotopic (exact) mass is 333 g/mol. The Hall–Kier alpha value is -1.37. The summed E-state index contributed by atoms with van der Waals surface area (Å²) in [6.07, 6.45) is 2.20. The van der Waals surface area contributed by atoms with E-state index in [0.29, 0.717) is 0 Å². The van der Waals surface area contributed by atoms with Gasteiger partial charge in [0.1, 0.15) is 16.8 Å². The molecule has 0 aliphatic rings. The van der Waals surface area contributed by atoms with Crippen LogP contribution in [0.15, 0.2) is 29.8 Å². The first-order valence-electron chi connectivity index (χ1n) is 7.16. The normalized spacial score (nSPS) is 12.9. The van der Waals surface area contributed by atoms with Gasteiger partial charge in [0.2, 0.25) is 0 Å². The highest BCUT2D eigenvalue weighted by Crippen LogP contribution is 2.24. The molecular weight excluding hydrogens is 314 g/mol. The zero-order valence-electron chi connectivity index (χ0n) is 12.9. The topological polar surface area (TPSA) is 39.4 Å². The highest BCUT2D eigenvalue weighted by molar-refractivity contribution is 7.97. The molecule has 22 heavy (non-hydrogen) atoms. The molecular formula is C16H19N3OS2. The van der Waals surface area contributed by atoms with Crippen LogP contribution in [0.2, 0.25) is 0 Å². The summed E-state index contributed by atoms with van der Waals surface area (Å²) < 4.78 is 7.43. The lowest BCUT2D eigenvalue weighted by atomic mass is 10.4. The number of hydrogen-bond acceptors (Lipinski definition) is 5. The van der Waals surface area contributed by atoms with Crippen molar-refractivity contribution in [2.75, 3.05) is 7.11 Å². The van der Waals surface area contributed by atoms with Crippen molar-refractivity contribution in [3.63, 3.8) is 0 Å². The van der Waals surface area contributed by atoms with E-state index in [0.717, 1.165) is 33.5 Å². The summed E-state index contributed by atoms with van der Waals surface area (Å²) in [4.78, 5) is 9.27. The molecule has 3 heterocycles. The average molecular weight is 333 g/mol. The van der Waals surface area contributed by atoms with Crippen LogP contribution in [-0.4, -0.2) is 21.5 Å². The predicted octanol–water partition coefficient (Wildman–Crippen LogP) is 4.24. The van der Waals surface area contributed by atoms with Crippen LogP contribution in [0.5, 0.6) is 0 Å². The van der Waals surface area contributed by atoms with Crippen molar-refractivity contribution in [3.8, 4) is 0 Å². The van der Waals surface area contributed by atoms with Gasteiger partial charge < -0.3 is 9.14 Å². The van der Waals surface area contributed by atoms with Gasteiger partial charge in [0, 0.05) is 35.9 Å². The Morgan fingerprint density at radius 1 is 1.27 bits per heavy atom. The number of hydrogen-bond donors (Lipinski definition) is 0. The predicted molar refractivity (Wildman–Crippen MR) is 92.5 cm³/mol. The smallest absolute Gasteiger partial charge is 0.137 e. The van der Waals surface area contributed by atoms with Gasteiger partial charge in [-0.3, -0.25) is 0 Å². The van der Waals surface area contributed by atoms with E-state index in [-0.39, 0.29) is 6.10 Å². The molecule has 0 amide bonds. The number of rotatable bonds is 6. The third kappa shape index (κ3) is 3.34. The van der Waals surface area contributed by atoms with Crippen molar-refractivity contribution >= 4 is 28.7 Å². The molecule has 116 valence electrons. The number of imidazole rings is 1. The van der Waals surface area contributed by atoms with Crippen LogP contribution in [-0.2, 0) is 16.2 Å². The third-order valence-electron chi connectivity index (χ3n) is 3.52. The first-order valence-corrected chi connectivity index (χ1v) is 9.19. The Bertz CT molecular complexity index is 766. The third-order valence-corrected chi connectivity index (χ3v) is 5.57. The van der Waals surface area contributed by atoms with Crippen molar-refractivity contribution in [3.05, 3.63) is 51.9 Å². The first kappa shape index (κ1) is 15.5. The van der Waals surface area contributed by atoms with Crippen molar-refractivity contribution < 1.29 is 4.74 Å². The summed E-state index contributed by atoms with van der Waals surface area (Å²) in [5, 5.41) is 3.16. The van der Waals surface area contributed by atoms with Crippen molar-refractivity contribution in [1.82, 2.24) is 14.4 Å². The first-order chi connectivity index (χ1) is 10.7. The molecule has 1 atom stereocenters. The molecule has 0 spiro atoms. The summed E-state index contributed by atoms with van der Waals surface area (Å²) in [7, 11) is 1.71. The van der Waals surface area contributed by atoms with Crippen LogP contribution in [0.4, 0.5) is 0 Å². The van der Waals surface area contributed by atoms with Crippen LogP contribution < -0.4 is 0 Å². The largest absolute Gasteiger partial charge is 0.375 e. The molecule has 0 bridgehead atoms. The molecule has 0 saturated carbocycles. The zero-order valence-corrected chi connectivity index (χ0v) is 14.6. The lowest BCUT2D eigenvalue weighted by molar-refractivity contribution is 0.119. The minimum absolute atomic E-state index is 0.0742. The lowest BCUT2D eigenvalue weighted by Crippen LogP contribution is -1.95. The fraction of sp³-hybridized carbons (Fsp3) is 0.375. The number of aromatic nitrogens is 3. The maximum atomic E-state index is 5.30. The number of nitrogens with zero attached hydrogens (tertiary/aromatic N) is 3. The van der Waals surface area contributed by atoms with Gasteiger partial charge >= 0.3 is 0 Å². The molecule has 0 fully saturated rings. The Morgan fingerprint density at radius 2 is 2.09 bits per heavy atom. The van der Waals surface area contributed by atoms with Crippen LogP contribution in [0.3, 0.4) is 0 Å². The summed E-state index contributed by atoms with van der Waals surface area (Å²) in [5.74, 6) is 1.80. The van der Waals surface area contributed by atoms with E-state index < -0.39 is 0 Å². The van der Waals surface area contributed by atoms with E-state index in [2.05, 4.69) is 38.9 Å². The maximum absolute atomic E-state index is 5.30. The number of thioether (sulfide) groups is 1. The van der Waals surface area contributed by atoms with Crippen LogP contribution in [0.1, 0.15) is 35.1 Å². The van der Waals surface area contributed by atoms with E-state index in [9.17, 15) is 0 Å². The standard InChI is InChI=1S/C16H19N3OS2/c1-11-5-4-6-15-17-13(7-19(11)15)8-21-9-14-10-22-16(18-14)12(2)20-3/h4-7,10,12H,8-9H2,1-3H3. The lowest BCUT2D eigenvalue weighted by Gasteiger charge is -2.03. The number of aryl methyl sites for hydroxylation is 1. The van der Waals surface area contributed by atoms with E-state index in [1.54, 1.807) is 18.4 Å². The molecule has 0 saturated heterocycles. The Balaban J connectivity index is 1.60. The molecule has 3 aromatic heterocycles. The van der Waals surface area contributed by atoms with E-state index in [1.165, 1.54) is 5.69 Å². The number of pyridine rings is 1. The Morgan fingerprint density at radius 3 is 2.86 bits per heavy atom. The number of ether oxygens (including phenoxy) is 1. The van der Waals surface area contributed by atoms with Crippen LogP contribution in [0, 0.1) is 6.92 Å². The van der Waals surface area contributed by atoms with Gasteiger partial charge in [-0.15, -0.1) is 23.1 Å². The molecule has 6 heteroatoms.